The number of hydrogen-bond donors (Lipinski definition) is 3. The quantitative estimate of drug-likeness (QED) is 0.461. The smallest absolute Gasteiger partial charge is 0.407 e. The Morgan fingerprint density at radius 1 is 1.10 bits per heavy atom. The minimum atomic E-state index is -0.899. The number of hydrogen-bond acceptors (Lipinski definition) is 6. The van der Waals surface area contributed by atoms with Crippen LogP contribution in [0, 0.1) is 13.8 Å². The highest BCUT2D eigenvalue weighted by Gasteiger charge is 2.17. The van der Waals surface area contributed by atoms with Crippen molar-refractivity contribution in [3.05, 3.63) is 17.0 Å². The van der Waals surface area contributed by atoms with Crippen LogP contribution < -0.4 is 5.32 Å². The van der Waals surface area contributed by atoms with Crippen LogP contribution in [0.4, 0.5) is 4.79 Å². The minimum absolute atomic E-state index is 0.0681. The van der Waals surface area contributed by atoms with Gasteiger partial charge in [-0.1, -0.05) is 0 Å². The monoisotopic (exact) mass is 426 g/mol. The summed E-state index contributed by atoms with van der Waals surface area (Å²) in [5.41, 5.74) is 1.65. The second-order valence-corrected chi connectivity index (χ2v) is 8.21. The Morgan fingerprint density at radius 2 is 1.77 bits per heavy atom. The maximum atomic E-state index is 11.8. The van der Waals surface area contributed by atoms with E-state index in [9.17, 15) is 14.4 Å². The Morgan fingerprint density at radius 3 is 2.33 bits per heavy atom. The molecule has 0 saturated carbocycles. The van der Waals surface area contributed by atoms with E-state index in [2.05, 4.69) is 10.4 Å². The molecule has 3 N–H and O–H groups in total. The van der Waals surface area contributed by atoms with Crippen molar-refractivity contribution in [1.82, 2.24) is 20.0 Å². The van der Waals surface area contributed by atoms with Crippen LogP contribution in [0.5, 0.6) is 0 Å². The molecule has 0 saturated heterocycles. The Balaban J connectivity index is 2.66. The van der Waals surface area contributed by atoms with Crippen molar-refractivity contribution in [2.75, 3.05) is 26.2 Å². The van der Waals surface area contributed by atoms with E-state index < -0.39 is 23.6 Å². The van der Waals surface area contributed by atoms with Gasteiger partial charge < -0.3 is 20.3 Å². The third-order valence-corrected chi connectivity index (χ3v) is 4.45. The van der Waals surface area contributed by atoms with Crippen molar-refractivity contribution in [2.24, 2.45) is 0 Å². The van der Waals surface area contributed by atoms with Gasteiger partial charge in [0.2, 0.25) is 0 Å². The highest BCUT2D eigenvalue weighted by molar-refractivity contribution is 5.71. The fourth-order valence-electron chi connectivity index (χ4n) is 3.01. The first-order chi connectivity index (χ1) is 13.9. The van der Waals surface area contributed by atoms with Gasteiger partial charge in [0, 0.05) is 37.3 Å². The SMILES string of the molecule is Cc1nn(CCN(CCCC(=O)O)CCNC(=O)OC(C)(C)C)c(C)c1CC(=O)O. The summed E-state index contributed by atoms with van der Waals surface area (Å²) in [6, 6.07) is 0. The highest BCUT2D eigenvalue weighted by Crippen LogP contribution is 2.14. The number of alkyl carbamates (subject to hydrolysis) is 1. The maximum absolute atomic E-state index is 11.8. The molecule has 1 rings (SSSR count). The largest absolute Gasteiger partial charge is 0.481 e. The van der Waals surface area contributed by atoms with Gasteiger partial charge >= 0.3 is 18.0 Å². The van der Waals surface area contributed by atoms with Gasteiger partial charge in [-0.05, 0) is 47.6 Å². The third kappa shape index (κ3) is 9.73. The summed E-state index contributed by atoms with van der Waals surface area (Å²) in [7, 11) is 0. The molecule has 1 amide bonds. The summed E-state index contributed by atoms with van der Waals surface area (Å²) in [6.45, 7) is 11.6. The molecule has 10 nitrogen and oxygen atoms in total. The zero-order valence-corrected chi connectivity index (χ0v) is 18.5. The van der Waals surface area contributed by atoms with Crippen molar-refractivity contribution in [3.8, 4) is 0 Å². The lowest BCUT2D eigenvalue weighted by Gasteiger charge is -2.24. The lowest BCUT2D eigenvalue weighted by molar-refractivity contribution is -0.137. The molecule has 1 heterocycles. The number of rotatable bonds is 12. The Hall–Kier alpha value is -2.62. The molecule has 10 heteroatoms. The second kappa shape index (κ2) is 11.5. The zero-order chi connectivity index (χ0) is 22.9. The molecule has 0 aromatic carbocycles. The summed E-state index contributed by atoms with van der Waals surface area (Å²) in [5.74, 6) is -1.75. The number of carbonyl (C=O) groups excluding carboxylic acids is 1. The second-order valence-electron chi connectivity index (χ2n) is 8.21. The van der Waals surface area contributed by atoms with Crippen LogP contribution >= 0.6 is 0 Å². The molecule has 0 aliphatic heterocycles. The molecule has 1 aromatic rings. The van der Waals surface area contributed by atoms with Crippen LogP contribution in [0.25, 0.3) is 0 Å². The lowest BCUT2D eigenvalue weighted by Crippen LogP contribution is -2.39. The summed E-state index contributed by atoms with van der Waals surface area (Å²) < 4.78 is 6.99. The van der Waals surface area contributed by atoms with E-state index in [-0.39, 0.29) is 12.8 Å². The van der Waals surface area contributed by atoms with E-state index in [0.29, 0.717) is 50.4 Å². The molecule has 0 aliphatic carbocycles. The van der Waals surface area contributed by atoms with Gasteiger partial charge in [0.15, 0.2) is 0 Å². The predicted octanol–water partition coefficient (Wildman–Crippen LogP) is 1.82. The van der Waals surface area contributed by atoms with Crippen molar-refractivity contribution in [2.45, 2.75) is 66.0 Å². The number of carbonyl (C=O) groups is 3. The number of nitrogens with zero attached hydrogens (tertiary/aromatic N) is 3. The molecule has 0 fully saturated rings. The molecule has 0 atom stereocenters. The van der Waals surface area contributed by atoms with Gasteiger partial charge in [-0.2, -0.15) is 5.10 Å². The molecule has 0 bridgehead atoms. The molecule has 1 aromatic heterocycles. The first-order valence-corrected chi connectivity index (χ1v) is 10.0. The third-order valence-electron chi connectivity index (χ3n) is 4.45. The van der Waals surface area contributed by atoms with E-state index in [1.54, 1.807) is 32.4 Å². The van der Waals surface area contributed by atoms with E-state index >= 15 is 0 Å². The molecular formula is C20H34N4O6. The van der Waals surface area contributed by atoms with Crippen LogP contribution in [-0.4, -0.2) is 74.7 Å². The average molecular weight is 427 g/mol. The molecule has 0 spiro atoms. The van der Waals surface area contributed by atoms with Gasteiger partial charge in [-0.3, -0.25) is 19.2 Å². The molecule has 0 unspecified atom stereocenters. The van der Waals surface area contributed by atoms with Crippen LogP contribution in [0.2, 0.25) is 0 Å². The number of carboxylic acids is 2. The van der Waals surface area contributed by atoms with Crippen molar-refractivity contribution in [3.63, 3.8) is 0 Å². The first kappa shape index (κ1) is 25.4. The molecule has 0 radical (unpaired) electrons. The maximum Gasteiger partial charge on any atom is 0.407 e. The number of aromatic nitrogens is 2. The number of aliphatic carboxylic acids is 2. The van der Waals surface area contributed by atoms with Crippen LogP contribution in [0.1, 0.15) is 50.6 Å². The predicted molar refractivity (Wildman–Crippen MR) is 111 cm³/mol. The lowest BCUT2D eigenvalue weighted by atomic mass is 10.1. The molecule has 30 heavy (non-hydrogen) atoms. The highest BCUT2D eigenvalue weighted by atomic mass is 16.6. The van der Waals surface area contributed by atoms with E-state index in [1.165, 1.54) is 0 Å². The standard InChI is InChI=1S/C20H34N4O6/c1-14-16(13-18(27)28)15(2)24(22-14)12-11-23(9-6-7-17(25)26)10-8-21-19(29)30-20(3,4)5/h6-13H2,1-5H3,(H,21,29)(H,25,26)(H,27,28). The van der Waals surface area contributed by atoms with Crippen molar-refractivity contribution >= 4 is 18.0 Å². The van der Waals surface area contributed by atoms with Crippen molar-refractivity contribution in [1.29, 1.82) is 0 Å². The van der Waals surface area contributed by atoms with Crippen LogP contribution in [0.3, 0.4) is 0 Å². The normalized spacial score (nSPS) is 11.5. The molecule has 170 valence electrons. The first-order valence-electron chi connectivity index (χ1n) is 10.0. The number of amides is 1. The van der Waals surface area contributed by atoms with Crippen molar-refractivity contribution < 1.29 is 29.3 Å². The van der Waals surface area contributed by atoms with E-state index in [4.69, 9.17) is 14.9 Å². The van der Waals surface area contributed by atoms with Crippen LogP contribution in [0.15, 0.2) is 0 Å². The number of carboxylic acid groups (broad SMARTS) is 2. The topological polar surface area (TPSA) is 134 Å². The Labute approximate surface area is 177 Å². The van der Waals surface area contributed by atoms with Gasteiger partial charge in [-0.25, -0.2) is 4.79 Å². The summed E-state index contributed by atoms with van der Waals surface area (Å²) >= 11 is 0. The summed E-state index contributed by atoms with van der Waals surface area (Å²) in [4.78, 5) is 35.7. The fourth-order valence-corrected chi connectivity index (χ4v) is 3.01. The Kier molecular flexibility index (Phi) is 9.77. The molecular weight excluding hydrogens is 392 g/mol. The van der Waals surface area contributed by atoms with Gasteiger partial charge in [0.1, 0.15) is 5.60 Å². The number of ether oxygens (including phenoxy) is 1. The summed E-state index contributed by atoms with van der Waals surface area (Å²) in [6.07, 6.45) is -0.00780. The van der Waals surface area contributed by atoms with Gasteiger partial charge in [-0.15, -0.1) is 0 Å². The summed E-state index contributed by atoms with van der Waals surface area (Å²) in [5, 5.41) is 25.1. The van der Waals surface area contributed by atoms with E-state index in [0.717, 1.165) is 5.69 Å². The fraction of sp³-hybridized carbons (Fsp3) is 0.700. The zero-order valence-electron chi connectivity index (χ0n) is 18.5. The van der Waals surface area contributed by atoms with E-state index in [1.807, 2.05) is 11.8 Å². The number of nitrogens with one attached hydrogen (secondary N) is 1. The van der Waals surface area contributed by atoms with Gasteiger partial charge in [0.05, 0.1) is 18.7 Å². The minimum Gasteiger partial charge on any atom is -0.481 e. The average Bonchev–Trinajstić information content (AvgIpc) is 2.84. The number of aryl methyl sites for hydroxylation is 1. The Bertz CT molecular complexity index is 738. The van der Waals surface area contributed by atoms with Crippen LogP contribution in [-0.2, 0) is 27.3 Å². The molecule has 0 aliphatic rings. The van der Waals surface area contributed by atoms with Gasteiger partial charge in [0.25, 0.3) is 0 Å².